The molecule has 1 atom stereocenters. The topological polar surface area (TPSA) is 40.5 Å². The van der Waals surface area contributed by atoms with E-state index in [1.807, 2.05) is 12.2 Å². The van der Waals surface area contributed by atoms with Gasteiger partial charge in [-0.15, -0.1) is 0 Å². The fourth-order valence-corrected chi connectivity index (χ4v) is 3.16. The number of aliphatic carboxylic acids is 1. The van der Waals surface area contributed by atoms with Gasteiger partial charge in [0.15, 0.2) is 0 Å². The monoisotopic (exact) mass is 353 g/mol. The van der Waals surface area contributed by atoms with Crippen LogP contribution in [-0.2, 0) is 4.79 Å². The van der Waals surface area contributed by atoms with E-state index in [-0.39, 0.29) is 0 Å². The molecule has 0 aliphatic rings. The summed E-state index contributed by atoms with van der Waals surface area (Å²) in [7, 11) is 3.60. The summed E-state index contributed by atoms with van der Waals surface area (Å²) >= 11 is 0. The Hall–Kier alpha value is -0.830. The first-order valence-electron chi connectivity index (χ1n) is 10.7. The summed E-state index contributed by atoms with van der Waals surface area (Å²) in [5.74, 6) is -0.776. The highest BCUT2D eigenvalue weighted by molar-refractivity contribution is 5.75. The number of nitrogens with zero attached hydrogens (tertiary/aromatic N) is 1. The molecule has 0 aliphatic carbocycles. The molecule has 0 spiro atoms. The van der Waals surface area contributed by atoms with Gasteiger partial charge in [-0.05, 0) is 26.9 Å². The van der Waals surface area contributed by atoms with Crippen LogP contribution in [0.2, 0.25) is 0 Å². The Balaban J connectivity index is 3.30. The van der Waals surface area contributed by atoms with E-state index < -0.39 is 12.0 Å². The third-order valence-electron chi connectivity index (χ3n) is 4.85. The Labute approximate surface area is 156 Å². The van der Waals surface area contributed by atoms with Crippen molar-refractivity contribution in [2.24, 2.45) is 0 Å². The van der Waals surface area contributed by atoms with E-state index in [4.69, 9.17) is 5.11 Å². The number of carboxylic acids is 1. The van der Waals surface area contributed by atoms with Crippen LogP contribution in [0.1, 0.15) is 103 Å². The Morgan fingerprint density at radius 3 is 1.56 bits per heavy atom. The van der Waals surface area contributed by atoms with E-state index in [0.29, 0.717) is 0 Å². The van der Waals surface area contributed by atoms with Crippen molar-refractivity contribution in [3.63, 3.8) is 0 Å². The van der Waals surface area contributed by atoms with Crippen molar-refractivity contribution in [3.8, 4) is 0 Å². The Bertz CT molecular complexity index is 326. The SMILES string of the molecule is CCCCCCCCCCCCCCCC/C=C/C(C(=O)O)N(C)C. The number of unbranched alkanes of at least 4 members (excludes halogenated alkanes) is 14. The second-order valence-corrected chi connectivity index (χ2v) is 7.56. The third-order valence-corrected chi connectivity index (χ3v) is 4.85. The number of carboxylic acid groups (broad SMARTS) is 1. The van der Waals surface area contributed by atoms with Gasteiger partial charge in [0, 0.05) is 0 Å². The highest BCUT2D eigenvalue weighted by Crippen LogP contribution is 2.13. The van der Waals surface area contributed by atoms with Gasteiger partial charge in [0.2, 0.25) is 0 Å². The van der Waals surface area contributed by atoms with Crippen LogP contribution >= 0.6 is 0 Å². The number of likely N-dealkylation sites (N-methyl/N-ethyl adjacent to an activating group) is 1. The van der Waals surface area contributed by atoms with Crippen molar-refractivity contribution >= 4 is 5.97 Å². The second kappa shape index (κ2) is 18.0. The molecule has 0 amide bonds. The normalized spacial score (nSPS) is 13.0. The Kier molecular flexibility index (Phi) is 17.4. The van der Waals surface area contributed by atoms with Crippen LogP contribution in [-0.4, -0.2) is 36.1 Å². The van der Waals surface area contributed by atoms with Crippen molar-refractivity contribution in [3.05, 3.63) is 12.2 Å². The lowest BCUT2D eigenvalue weighted by Crippen LogP contribution is -2.33. The summed E-state index contributed by atoms with van der Waals surface area (Å²) < 4.78 is 0. The van der Waals surface area contributed by atoms with Gasteiger partial charge in [-0.1, -0.05) is 103 Å². The van der Waals surface area contributed by atoms with Crippen molar-refractivity contribution in [2.75, 3.05) is 14.1 Å². The Morgan fingerprint density at radius 1 is 0.800 bits per heavy atom. The molecule has 0 heterocycles. The third kappa shape index (κ3) is 16.4. The number of hydrogen-bond acceptors (Lipinski definition) is 2. The zero-order valence-electron chi connectivity index (χ0n) is 17.1. The molecule has 3 heteroatoms. The lowest BCUT2D eigenvalue weighted by atomic mass is 10.0. The van der Waals surface area contributed by atoms with E-state index in [1.165, 1.54) is 89.9 Å². The van der Waals surface area contributed by atoms with Gasteiger partial charge < -0.3 is 5.11 Å². The minimum Gasteiger partial charge on any atom is -0.480 e. The number of hydrogen-bond donors (Lipinski definition) is 1. The summed E-state index contributed by atoms with van der Waals surface area (Å²) in [6, 6.07) is -0.494. The average Bonchev–Trinajstić information content (AvgIpc) is 2.57. The number of rotatable bonds is 18. The molecule has 1 N–H and O–H groups in total. The summed E-state index contributed by atoms with van der Waals surface area (Å²) in [6.45, 7) is 2.27. The van der Waals surface area contributed by atoms with E-state index >= 15 is 0 Å². The number of carbonyl (C=O) groups is 1. The molecule has 0 aliphatic heterocycles. The summed E-state index contributed by atoms with van der Waals surface area (Å²) in [5.41, 5.74) is 0. The summed E-state index contributed by atoms with van der Waals surface area (Å²) in [5, 5.41) is 9.08. The molecule has 0 aromatic rings. The largest absolute Gasteiger partial charge is 0.480 e. The van der Waals surface area contributed by atoms with Gasteiger partial charge in [-0.2, -0.15) is 0 Å². The van der Waals surface area contributed by atoms with E-state index in [0.717, 1.165) is 6.42 Å². The molecule has 0 aromatic carbocycles. The van der Waals surface area contributed by atoms with Crippen molar-refractivity contribution in [1.29, 1.82) is 0 Å². The van der Waals surface area contributed by atoms with E-state index in [9.17, 15) is 4.79 Å². The lowest BCUT2D eigenvalue weighted by Gasteiger charge is -2.15. The van der Waals surface area contributed by atoms with Crippen molar-refractivity contribution in [1.82, 2.24) is 4.90 Å². The van der Waals surface area contributed by atoms with Crippen LogP contribution in [0, 0.1) is 0 Å². The molecule has 0 radical (unpaired) electrons. The highest BCUT2D eigenvalue weighted by Gasteiger charge is 2.15. The predicted octanol–water partition coefficient (Wildman–Crippen LogP) is 6.43. The highest BCUT2D eigenvalue weighted by atomic mass is 16.4. The molecule has 0 bridgehead atoms. The molecule has 25 heavy (non-hydrogen) atoms. The van der Waals surface area contributed by atoms with Crippen LogP contribution in [0.5, 0.6) is 0 Å². The molecule has 3 nitrogen and oxygen atoms in total. The molecular formula is C22H43NO2. The maximum absolute atomic E-state index is 11.0. The predicted molar refractivity (Wildman–Crippen MR) is 109 cm³/mol. The van der Waals surface area contributed by atoms with Gasteiger partial charge in [0.05, 0.1) is 0 Å². The smallest absolute Gasteiger partial charge is 0.324 e. The van der Waals surface area contributed by atoms with Crippen LogP contribution in [0.15, 0.2) is 12.2 Å². The van der Waals surface area contributed by atoms with Crippen LogP contribution < -0.4 is 0 Å². The minimum absolute atomic E-state index is 0.494. The van der Waals surface area contributed by atoms with Gasteiger partial charge >= 0.3 is 5.97 Å². The first-order valence-corrected chi connectivity index (χ1v) is 10.7. The fraction of sp³-hybridized carbons (Fsp3) is 0.864. The zero-order chi connectivity index (χ0) is 18.8. The van der Waals surface area contributed by atoms with Gasteiger partial charge in [-0.3, -0.25) is 9.69 Å². The Morgan fingerprint density at radius 2 is 1.20 bits per heavy atom. The van der Waals surface area contributed by atoms with Gasteiger partial charge in [-0.25, -0.2) is 0 Å². The standard InChI is InChI=1S/C22H43NO2/c1-4-5-6-7-8-9-10-11-12-13-14-15-16-17-18-19-20-21(22(24)25)23(2)3/h19-21H,4-18H2,1-3H3,(H,24,25)/b20-19+. The molecule has 0 saturated heterocycles. The number of allylic oxidation sites excluding steroid dienone is 1. The molecule has 148 valence electrons. The molecule has 0 fully saturated rings. The van der Waals surface area contributed by atoms with E-state index in [1.54, 1.807) is 19.0 Å². The first kappa shape index (κ1) is 24.2. The maximum atomic E-state index is 11.0. The maximum Gasteiger partial charge on any atom is 0.324 e. The van der Waals surface area contributed by atoms with E-state index in [2.05, 4.69) is 6.92 Å². The molecule has 1 unspecified atom stereocenters. The quantitative estimate of drug-likeness (QED) is 0.228. The fourth-order valence-electron chi connectivity index (χ4n) is 3.16. The first-order chi connectivity index (χ1) is 12.1. The average molecular weight is 354 g/mol. The van der Waals surface area contributed by atoms with Crippen LogP contribution in [0.3, 0.4) is 0 Å². The minimum atomic E-state index is -0.776. The molecular weight excluding hydrogens is 310 g/mol. The van der Waals surface area contributed by atoms with Crippen molar-refractivity contribution < 1.29 is 9.90 Å². The molecule has 0 saturated carbocycles. The van der Waals surface area contributed by atoms with Gasteiger partial charge in [0.25, 0.3) is 0 Å². The van der Waals surface area contributed by atoms with Gasteiger partial charge in [0.1, 0.15) is 6.04 Å². The molecule has 0 aromatic heterocycles. The lowest BCUT2D eigenvalue weighted by molar-refractivity contribution is -0.140. The summed E-state index contributed by atoms with van der Waals surface area (Å²) in [4.78, 5) is 12.8. The summed E-state index contributed by atoms with van der Waals surface area (Å²) in [6.07, 6.45) is 24.1. The van der Waals surface area contributed by atoms with Crippen LogP contribution in [0.25, 0.3) is 0 Å². The van der Waals surface area contributed by atoms with Crippen molar-refractivity contribution in [2.45, 2.75) is 109 Å². The van der Waals surface area contributed by atoms with Crippen LogP contribution in [0.4, 0.5) is 0 Å². The zero-order valence-corrected chi connectivity index (χ0v) is 17.1. The second-order valence-electron chi connectivity index (χ2n) is 7.56. The molecule has 0 rings (SSSR count).